The Kier molecular flexibility index (Phi) is 8.78. The number of carbonyl (C=O) groups excluding carboxylic acids is 3. The summed E-state index contributed by atoms with van der Waals surface area (Å²) in [4.78, 5) is 44.5. The van der Waals surface area contributed by atoms with Crippen molar-refractivity contribution >= 4 is 50.1 Å². The lowest BCUT2D eigenvalue weighted by atomic mass is 10.00. The zero-order chi connectivity index (χ0) is 29.9. The van der Waals surface area contributed by atoms with Crippen molar-refractivity contribution in [1.82, 2.24) is 10.2 Å². The Morgan fingerprint density at radius 3 is 2.26 bits per heavy atom. The molecule has 216 valence electrons. The molecular weight excluding hydrogens is 590 g/mol. The molecule has 5 rings (SSSR count). The molecule has 1 N–H and O–H groups in total. The number of hydrogen-bond acceptors (Lipinski definition) is 3. The van der Waals surface area contributed by atoms with Crippen LogP contribution in [0.3, 0.4) is 0 Å². The summed E-state index contributed by atoms with van der Waals surface area (Å²) in [6, 6.07) is 28.6. The van der Waals surface area contributed by atoms with Gasteiger partial charge in [-0.05, 0) is 68.0 Å². The Hall–Kier alpha value is -3.97. The predicted octanol–water partition coefficient (Wildman–Crippen LogP) is 6.90. The molecule has 6 nitrogen and oxygen atoms in total. The van der Waals surface area contributed by atoms with E-state index in [4.69, 9.17) is 0 Å². The van der Waals surface area contributed by atoms with Gasteiger partial charge in [0.25, 0.3) is 5.91 Å². The second-order valence-corrected chi connectivity index (χ2v) is 12.7. The van der Waals surface area contributed by atoms with E-state index in [1.54, 1.807) is 9.80 Å². The predicted molar refractivity (Wildman–Crippen MR) is 171 cm³/mol. The van der Waals surface area contributed by atoms with Gasteiger partial charge in [-0.25, -0.2) is 0 Å². The highest BCUT2D eigenvalue weighted by Crippen LogP contribution is 2.37. The van der Waals surface area contributed by atoms with Crippen LogP contribution in [-0.2, 0) is 22.6 Å². The van der Waals surface area contributed by atoms with E-state index in [9.17, 15) is 14.4 Å². The van der Waals surface area contributed by atoms with Crippen LogP contribution < -0.4 is 10.2 Å². The van der Waals surface area contributed by atoms with Gasteiger partial charge in [-0.1, -0.05) is 82.7 Å². The molecule has 0 aliphatic carbocycles. The van der Waals surface area contributed by atoms with Gasteiger partial charge in [0.1, 0.15) is 6.04 Å². The van der Waals surface area contributed by atoms with Crippen molar-refractivity contribution in [3.8, 4) is 0 Å². The quantitative estimate of drug-likeness (QED) is 0.208. The Morgan fingerprint density at radius 1 is 0.881 bits per heavy atom. The van der Waals surface area contributed by atoms with Gasteiger partial charge in [0, 0.05) is 46.9 Å². The molecule has 1 aliphatic rings. The van der Waals surface area contributed by atoms with Gasteiger partial charge >= 0.3 is 0 Å². The first-order valence-electron chi connectivity index (χ1n) is 14.3. The smallest absolute Gasteiger partial charge is 0.258 e. The Labute approximate surface area is 255 Å². The second-order valence-electron chi connectivity index (χ2n) is 11.8. The highest BCUT2D eigenvalue weighted by molar-refractivity contribution is 9.10. The van der Waals surface area contributed by atoms with Crippen LogP contribution in [0.5, 0.6) is 0 Å². The molecule has 1 heterocycles. The molecule has 0 spiro atoms. The molecular formula is C35H36BrN3O3. The minimum Gasteiger partial charge on any atom is -0.350 e. The summed E-state index contributed by atoms with van der Waals surface area (Å²) in [7, 11) is 0. The third-order valence-electron chi connectivity index (χ3n) is 7.46. The number of rotatable bonds is 10. The van der Waals surface area contributed by atoms with E-state index in [1.807, 2.05) is 112 Å². The monoisotopic (exact) mass is 625 g/mol. The minimum absolute atomic E-state index is 0.0347. The summed E-state index contributed by atoms with van der Waals surface area (Å²) >= 11 is 3.49. The molecule has 1 atom stereocenters. The third-order valence-corrected chi connectivity index (χ3v) is 7.99. The topological polar surface area (TPSA) is 69.7 Å². The molecule has 0 fully saturated rings. The van der Waals surface area contributed by atoms with Crippen LogP contribution in [0, 0.1) is 0 Å². The Morgan fingerprint density at radius 2 is 1.57 bits per heavy atom. The summed E-state index contributed by atoms with van der Waals surface area (Å²) < 4.78 is 0.946. The first-order valence-corrected chi connectivity index (χ1v) is 15.1. The molecule has 42 heavy (non-hydrogen) atoms. The number of nitrogens with zero attached hydrogens (tertiary/aromatic N) is 2. The molecule has 1 aliphatic heterocycles. The van der Waals surface area contributed by atoms with E-state index in [1.165, 1.54) is 0 Å². The third kappa shape index (κ3) is 6.73. The summed E-state index contributed by atoms with van der Waals surface area (Å²) in [5, 5.41) is 5.11. The number of carbonyl (C=O) groups is 3. The average molecular weight is 627 g/mol. The van der Waals surface area contributed by atoms with Crippen molar-refractivity contribution in [3.63, 3.8) is 0 Å². The van der Waals surface area contributed by atoms with Crippen molar-refractivity contribution in [2.24, 2.45) is 0 Å². The maximum Gasteiger partial charge on any atom is 0.258 e. The van der Waals surface area contributed by atoms with Crippen LogP contribution in [0.15, 0.2) is 95.5 Å². The number of benzene rings is 4. The van der Waals surface area contributed by atoms with Gasteiger partial charge in [-0.2, -0.15) is 0 Å². The molecule has 0 saturated carbocycles. The molecule has 0 radical (unpaired) electrons. The van der Waals surface area contributed by atoms with Crippen LogP contribution >= 0.6 is 15.9 Å². The number of hydrogen-bond donors (Lipinski definition) is 1. The number of amides is 3. The van der Waals surface area contributed by atoms with Gasteiger partial charge < -0.3 is 15.1 Å². The number of anilines is 1. The summed E-state index contributed by atoms with van der Waals surface area (Å²) in [6.45, 7) is 6.54. The maximum atomic E-state index is 14.0. The first-order chi connectivity index (χ1) is 20.1. The van der Waals surface area contributed by atoms with Crippen LogP contribution in [0.25, 0.3) is 10.8 Å². The van der Waals surface area contributed by atoms with Crippen molar-refractivity contribution in [3.05, 3.63) is 112 Å². The molecule has 3 amide bonds. The summed E-state index contributed by atoms with van der Waals surface area (Å²) in [5.74, 6) is -0.341. The number of halogens is 1. The largest absolute Gasteiger partial charge is 0.350 e. The van der Waals surface area contributed by atoms with Crippen LogP contribution in [-0.4, -0.2) is 40.7 Å². The zero-order valence-electron chi connectivity index (χ0n) is 24.3. The summed E-state index contributed by atoms with van der Waals surface area (Å²) in [6.07, 6.45) is 1.08. The fourth-order valence-corrected chi connectivity index (χ4v) is 5.79. The maximum absolute atomic E-state index is 14.0. The van der Waals surface area contributed by atoms with Gasteiger partial charge in [0.2, 0.25) is 11.8 Å². The number of nitrogens with one attached hydrogen (secondary N) is 1. The standard InChI is InChI=1S/C35H36BrN3O3/c1-35(2,3)37-33(41)30(22-24-10-5-4-6-11-24)39(23-25-17-19-27(36)20-18-25)31(40)16-9-21-38-29-15-8-13-26-12-7-14-28(32(26)29)34(38)42/h4-8,10-15,17-20,30H,9,16,21-23H2,1-3H3,(H,37,41)/t30-/m0/s1. The van der Waals surface area contributed by atoms with E-state index in [-0.39, 0.29) is 24.1 Å². The fourth-order valence-electron chi connectivity index (χ4n) is 5.53. The van der Waals surface area contributed by atoms with E-state index in [0.29, 0.717) is 31.5 Å². The molecule has 0 saturated heterocycles. The lowest BCUT2D eigenvalue weighted by molar-refractivity contribution is -0.142. The van der Waals surface area contributed by atoms with E-state index >= 15 is 0 Å². The van der Waals surface area contributed by atoms with Crippen molar-refractivity contribution < 1.29 is 14.4 Å². The van der Waals surface area contributed by atoms with Crippen LogP contribution in [0.4, 0.5) is 5.69 Å². The zero-order valence-corrected chi connectivity index (χ0v) is 25.9. The van der Waals surface area contributed by atoms with E-state index < -0.39 is 11.6 Å². The van der Waals surface area contributed by atoms with Gasteiger partial charge in [0.15, 0.2) is 0 Å². The summed E-state index contributed by atoms with van der Waals surface area (Å²) in [5.41, 5.74) is 3.05. The van der Waals surface area contributed by atoms with E-state index in [2.05, 4.69) is 21.2 Å². The van der Waals surface area contributed by atoms with E-state index in [0.717, 1.165) is 32.1 Å². The normalized spacial score (nSPS) is 13.3. The lowest BCUT2D eigenvalue weighted by Crippen LogP contribution is -2.54. The van der Waals surface area contributed by atoms with Crippen molar-refractivity contribution in [2.75, 3.05) is 11.4 Å². The molecule has 4 aromatic rings. The Bertz CT molecular complexity index is 1590. The van der Waals surface area contributed by atoms with Crippen molar-refractivity contribution in [1.29, 1.82) is 0 Å². The van der Waals surface area contributed by atoms with Gasteiger partial charge in [-0.3, -0.25) is 14.4 Å². The molecule has 0 aromatic heterocycles. The highest BCUT2D eigenvalue weighted by Gasteiger charge is 2.33. The minimum atomic E-state index is -0.700. The van der Waals surface area contributed by atoms with Crippen LogP contribution in [0.2, 0.25) is 0 Å². The molecule has 0 bridgehead atoms. The first kappa shape index (κ1) is 29.5. The van der Waals surface area contributed by atoms with Crippen molar-refractivity contribution in [2.45, 2.75) is 58.2 Å². The molecule has 7 heteroatoms. The fraction of sp³-hybridized carbons (Fsp3) is 0.286. The highest BCUT2D eigenvalue weighted by atomic mass is 79.9. The molecule has 4 aromatic carbocycles. The van der Waals surface area contributed by atoms with Gasteiger partial charge in [-0.15, -0.1) is 0 Å². The lowest BCUT2D eigenvalue weighted by Gasteiger charge is -2.34. The second kappa shape index (κ2) is 12.5. The Balaban J connectivity index is 1.38. The van der Waals surface area contributed by atoms with Gasteiger partial charge in [0.05, 0.1) is 5.69 Å². The SMILES string of the molecule is CC(C)(C)NC(=O)[C@H](Cc1ccccc1)N(Cc1ccc(Br)cc1)C(=O)CCCN1C(=O)c2cccc3cccc1c23. The average Bonchev–Trinajstić information content (AvgIpc) is 3.23. The van der Waals surface area contributed by atoms with Crippen LogP contribution in [0.1, 0.15) is 55.1 Å². The molecule has 0 unspecified atom stereocenters.